The molecule has 0 unspecified atom stereocenters. The lowest BCUT2D eigenvalue weighted by Gasteiger charge is -2.40. The molecule has 0 atom stereocenters. The van der Waals surface area contributed by atoms with Gasteiger partial charge in [-0.1, -0.05) is 19.8 Å². The molecule has 1 heterocycles. The average Bonchev–Trinajstić information content (AvgIpc) is 2.85. The van der Waals surface area contributed by atoms with Crippen molar-refractivity contribution in [3.05, 3.63) is 22.4 Å². The fourth-order valence-corrected chi connectivity index (χ4v) is 3.72. The van der Waals surface area contributed by atoms with E-state index in [0.717, 1.165) is 19.0 Å². The van der Waals surface area contributed by atoms with Gasteiger partial charge in [0, 0.05) is 25.1 Å². The lowest BCUT2D eigenvalue weighted by molar-refractivity contribution is 0.0347. The van der Waals surface area contributed by atoms with Crippen molar-refractivity contribution in [2.24, 2.45) is 11.3 Å². The molecular weight excluding hydrogens is 242 g/mol. The van der Waals surface area contributed by atoms with Crippen LogP contribution in [0.1, 0.15) is 38.2 Å². The van der Waals surface area contributed by atoms with E-state index in [-0.39, 0.29) is 5.41 Å². The van der Waals surface area contributed by atoms with Gasteiger partial charge in [0.05, 0.1) is 0 Å². The quantitative estimate of drug-likeness (QED) is 0.884. The van der Waals surface area contributed by atoms with Crippen molar-refractivity contribution in [2.75, 3.05) is 20.2 Å². The highest BCUT2D eigenvalue weighted by atomic mass is 32.1. The predicted molar refractivity (Wildman–Crippen MR) is 77.8 cm³/mol. The molecule has 0 aliphatic heterocycles. The third-order valence-corrected chi connectivity index (χ3v) is 5.04. The van der Waals surface area contributed by atoms with E-state index in [1.165, 1.54) is 31.2 Å². The topological polar surface area (TPSA) is 23.5 Å². The second kappa shape index (κ2) is 6.18. The Bertz CT molecular complexity index is 341. The zero-order valence-corrected chi connectivity index (χ0v) is 12.4. The molecule has 0 saturated heterocycles. The summed E-state index contributed by atoms with van der Waals surface area (Å²) >= 11 is 1.76. The van der Waals surface area contributed by atoms with Gasteiger partial charge in [0.2, 0.25) is 0 Å². The average molecular weight is 267 g/mol. The molecule has 1 aromatic rings. The minimum Gasteiger partial charge on any atom is -0.396 e. The van der Waals surface area contributed by atoms with Gasteiger partial charge in [-0.25, -0.2) is 0 Å². The maximum atomic E-state index is 9.78. The van der Waals surface area contributed by atoms with E-state index in [1.807, 2.05) is 0 Å². The van der Waals surface area contributed by atoms with Gasteiger partial charge >= 0.3 is 0 Å². The van der Waals surface area contributed by atoms with Crippen LogP contribution in [-0.2, 0) is 6.54 Å². The van der Waals surface area contributed by atoms with Crippen LogP contribution in [0.5, 0.6) is 0 Å². The highest BCUT2D eigenvalue weighted by molar-refractivity contribution is 7.07. The molecule has 0 spiro atoms. The molecule has 3 heteroatoms. The van der Waals surface area contributed by atoms with Gasteiger partial charge in [0.15, 0.2) is 0 Å². The Morgan fingerprint density at radius 2 is 2.17 bits per heavy atom. The van der Waals surface area contributed by atoms with Gasteiger partial charge < -0.3 is 10.0 Å². The zero-order chi connectivity index (χ0) is 13.0. The Balaban J connectivity index is 1.89. The molecule has 0 aromatic carbocycles. The van der Waals surface area contributed by atoms with E-state index in [1.54, 1.807) is 11.3 Å². The van der Waals surface area contributed by atoms with Gasteiger partial charge in [-0.3, -0.25) is 0 Å². The normalized spacial score (nSPS) is 28.8. The summed E-state index contributed by atoms with van der Waals surface area (Å²) in [6.07, 6.45) is 4.90. The van der Waals surface area contributed by atoms with Crippen molar-refractivity contribution in [3.63, 3.8) is 0 Å². The van der Waals surface area contributed by atoms with E-state index < -0.39 is 0 Å². The zero-order valence-electron chi connectivity index (χ0n) is 11.6. The number of hydrogen-bond acceptors (Lipinski definition) is 3. The fraction of sp³-hybridized carbons (Fsp3) is 0.733. The third kappa shape index (κ3) is 3.56. The number of aliphatic hydroxyl groups excluding tert-OH is 1. The van der Waals surface area contributed by atoms with Crippen LogP contribution in [0.4, 0.5) is 0 Å². The number of thiophene rings is 1. The maximum Gasteiger partial charge on any atom is 0.0499 e. The highest BCUT2D eigenvalue weighted by Crippen LogP contribution is 2.39. The molecule has 1 saturated carbocycles. The molecule has 18 heavy (non-hydrogen) atoms. The second-order valence-corrected chi connectivity index (χ2v) is 6.92. The lowest BCUT2D eigenvalue weighted by atomic mass is 9.71. The van der Waals surface area contributed by atoms with Gasteiger partial charge in [0.25, 0.3) is 0 Å². The number of hydrogen-bond donors (Lipinski definition) is 1. The Morgan fingerprint density at radius 1 is 1.44 bits per heavy atom. The molecule has 102 valence electrons. The van der Waals surface area contributed by atoms with E-state index in [0.29, 0.717) is 6.61 Å². The minimum atomic E-state index is 0.150. The Morgan fingerprint density at radius 3 is 2.72 bits per heavy atom. The SMILES string of the molecule is CC1CCC(CO)(CN(C)Cc2ccsc2)CC1. The summed E-state index contributed by atoms with van der Waals surface area (Å²) in [7, 11) is 2.17. The molecule has 2 nitrogen and oxygen atoms in total. The summed E-state index contributed by atoms with van der Waals surface area (Å²) in [6.45, 7) is 4.69. The van der Waals surface area contributed by atoms with Crippen LogP contribution < -0.4 is 0 Å². The second-order valence-electron chi connectivity index (χ2n) is 6.14. The summed E-state index contributed by atoms with van der Waals surface area (Å²) in [4.78, 5) is 2.37. The number of nitrogens with zero attached hydrogens (tertiary/aromatic N) is 1. The molecule has 0 bridgehead atoms. The van der Waals surface area contributed by atoms with E-state index >= 15 is 0 Å². The maximum absolute atomic E-state index is 9.78. The fourth-order valence-electron chi connectivity index (χ4n) is 3.06. The molecule has 0 radical (unpaired) electrons. The van der Waals surface area contributed by atoms with Crippen molar-refractivity contribution in [3.8, 4) is 0 Å². The summed E-state index contributed by atoms with van der Waals surface area (Å²) in [5.74, 6) is 0.840. The molecular formula is C15H25NOS. The summed E-state index contributed by atoms with van der Waals surface area (Å²) in [5.41, 5.74) is 1.54. The van der Waals surface area contributed by atoms with Gasteiger partial charge in [-0.2, -0.15) is 11.3 Å². The van der Waals surface area contributed by atoms with E-state index in [4.69, 9.17) is 0 Å². The molecule has 1 aromatic heterocycles. The minimum absolute atomic E-state index is 0.150. The summed E-state index contributed by atoms with van der Waals surface area (Å²) in [5, 5.41) is 14.1. The Labute approximate surface area is 115 Å². The number of rotatable bonds is 5. The van der Waals surface area contributed by atoms with Gasteiger partial charge in [-0.05, 0) is 48.2 Å². The first-order valence-electron chi connectivity index (χ1n) is 6.94. The van der Waals surface area contributed by atoms with E-state index in [2.05, 4.69) is 35.7 Å². The molecule has 2 rings (SSSR count). The molecule has 1 aliphatic carbocycles. The van der Waals surface area contributed by atoms with Crippen molar-refractivity contribution in [2.45, 2.75) is 39.2 Å². The van der Waals surface area contributed by atoms with E-state index in [9.17, 15) is 5.11 Å². The van der Waals surface area contributed by atoms with Crippen LogP contribution >= 0.6 is 11.3 Å². The Hall–Kier alpha value is -0.380. The van der Waals surface area contributed by atoms with Crippen molar-refractivity contribution in [1.82, 2.24) is 4.90 Å². The van der Waals surface area contributed by atoms with Crippen LogP contribution in [0.3, 0.4) is 0 Å². The first kappa shape index (κ1) is 14.0. The molecule has 1 aliphatic rings. The predicted octanol–water partition coefficient (Wildman–Crippen LogP) is 3.37. The standard InChI is InChI=1S/C15H25NOS/c1-13-3-6-15(12-17,7-4-13)11-16(2)9-14-5-8-18-10-14/h5,8,10,13,17H,3-4,6-7,9,11-12H2,1-2H3. The van der Waals surface area contributed by atoms with Gasteiger partial charge in [0.1, 0.15) is 0 Å². The van der Waals surface area contributed by atoms with Crippen molar-refractivity contribution in [1.29, 1.82) is 0 Å². The van der Waals surface area contributed by atoms with Crippen LogP contribution in [0, 0.1) is 11.3 Å². The lowest BCUT2D eigenvalue weighted by Crippen LogP contribution is -2.40. The highest BCUT2D eigenvalue weighted by Gasteiger charge is 2.34. The summed E-state index contributed by atoms with van der Waals surface area (Å²) in [6, 6.07) is 2.19. The molecule has 0 amide bonds. The van der Waals surface area contributed by atoms with Gasteiger partial charge in [-0.15, -0.1) is 0 Å². The molecule has 1 N–H and O–H groups in total. The van der Waals surface area contributed by atoms with Crippen molar-refractivity contribution < 1.29 is 5.11 Å². The van der Waals surface area contributed by atoms with Crippen LogP contribution in [0.15, 0.2) is 16.8 Å². The monoisotopic (exact) mass is 267 g/mol. The van der Waals surface area contributed by atoms with Crippen molar-refractivity contribution >= 4 is 11.3 Å². The molecule has 1 fully saturated rings. The smallest absolute Gasteiger partial charge is 0.0499 e. The summed E-state index contributed by atoms with van der Waals surface area (Å²) < 4.78 is 0. The number of aliphatic hydroxyl groups is 1. The third-order valence-electron chi connectivity index (χ3n) is 4.31. The van der Waals surface area contributed by atoms with Crippen LogP contribution in [0.2, 0.25) is 0 Å². The van der Waals surface area contributed by atoms with Crippen LogP contribution in [-0.4, -0.2) is 30.2 Å². The first-order valence-corrected chi connectivity index (χ1v) is 7.88. The first-order chi connectivity index (χ1) is 8.63. The Kier molecular flexibility index (Phi) is 4.82. The van der Waals surface area contributed by atoms with Crippen LogP contribution in [0.25, 0.3) is 0 Å². The largest absolute Gasteiger partial charge is 0.396 e.